The maximum Gasteiger partial charge on any atom is 0.0185 e. The van der Waals surface area contributed by atoms with Crippen LogP contribution in [0.15, 0.2) is 30.3 Å². The average Bonchev–Trinajstić information content (AvgIpc) is 2.41. The Morgan fingerprint density at radius 2 is 1.82 bits per heavy atom. The fraction of sp³-hybridized carbons (Fsp3) is 0.600. The summed E-state index contributed by atoms with van der Waals surface area (Å²) in [4.78, 5) is 0. The molecule has 0 spiro atoms. The Morgan fingerprint density at radius 1 is 1.06 bits per heavy atom. The average molecular weight is 249 g/mol. The molecule has 0 aliphatic heterocycles. The molecule has 1 fully saturated rings. The third kappa shape index (κ3) is 5.13. The molecule has 0 atom stereocenters. The van der Waals surface area contributed by atoms with E-state index in [1.54, 1.807) is 0 Å². The highest BCUT2D eigenvalue weighted by Crippen LogP contribution is 2.17. The van der Waals surface area contributed by atoms with E-state index in [4.69, 9.17) is 0 Å². The van der Waals surface area contributed by atoms with E-state index >= 15 is 0 Å². The van der Waals surface area contributed by atoms with E-state index in [0.717, 1.165) is 11.8 Å². The van der Waals surface area contributed by atoms with E-state index in [9.17, 15) is 0 Å². The molecule has 1 nitrogen and oxygen atoms in total. The van der Waals surface area contributed by atoms with Gasteiger partial charge in [-0.15, -0.1) is 0 Å². The van der Waals surface area contributed by atoms with Gasteiger partial charge in [-0.05, 0) is 18.4 Å². The normalized spacial score (nSPS) is 17.2. The van der Waals surface area contributed by atoms with Crippen LogP contribution < -0.4 is 5.32 Å². The van der Waals surface area contributed by atoms with Crippen molar-refractivity contribution in [3.05, 3.63) is 35.9 Å². The molecule has 0 bridgehead atoms. The van der Waals surface area contributed by atoms with E-state index in [1.807, 2.05) is 11.8 Å². The molecule has 17 heavy (non-hydrogen) atoms. The second kappa shape index (κ2) is 7.78. The van der Waals surface area contributed by atoms with Gasteiger partial charge in [-0.2, -0.15) is 11.8 Å². The van der Waals surface area contributed by atoms with Crippen LogP contribution in [-0.2, 0) is 5.75 Å². The zero-order valence-electron chi connectivity index (χ0n) is 10.5. The van der Waals surface area contributed by atoms with Gasteiger partial charge >= 0.3 is 0 Å². The summed E-state index contributed by atoms with van der Waals surface area (Å²) in [7, 11) is 0. The molecule has 94 valence electrons. The molecular formula is C15H23NS. The Labute approximate surface area is 109 Å². The Morgan fingerprint density at radius 3 is 2.59 bits per heavy atom. The van der Waals surface area contributed by atoms with Gasteiger partial charge in [0.25, 0.3) is 0 Å². The van der Waals surface area contributed by atoms with Crippen LogP contribution in [0.1, 0.15) is 37.7 Å². The van der Waals surface area contributed by atoms with E-state index in [2.05, 4.69) is 35.6 Å². The number of benzene rings is 1. The third-order valence-corrected chi connectivity index (χ3v) is 4.43. The quantitative estimate of drug-likeness (QED) is 0.769. The van der Waals surface area contributed by atoms with Crippen LogP contribution in [0.4, 0.5) is 0 Å². The van der Waals surface area contributed by atoms with Crippen molar-refractivity contribution in [1.82, 2.24) is 5.32 Å². The summed E-state index contributed by atoms with van der Waals surface area (Å²) in [5.41, 5.74) is 1.44. The smallest absolute Gasteiger partial charge is 0.0185 e. The minimum Gasteiger partial charge on any atom is -0.313 e. The first-order valence-corrected chi connectivity index (χ1v) is 7.96. The van der Waals surface area contributed by atoms with Crippen molar-refractivity contribution in [3.63, 3.8) is 0 Å². The Balaban J connectivity index is 1.51. The molecule has 1 aromatic carbocycles. The van der Waals surface area contributed by atoms with Crippen molar-refractivity contribution in [1.29, 1.82) is 0 Å². The van der Waals surface area contributed by atoms with Crippen molar-refractivity contribution in [2.75, 3.05) is 12.3 Å². The van der Waals surface area contributed by atoms with Gasteiger partial charge in [0, 0.05) is 24.1 Å². The summed E-state index contributed by atoms with van der Waals surface area (Å²) < 4.78 is 0. The highest BCUT2D eigenvalue weighted by atomic mass is 32.2. The lowest BCUT2D eigenvalue weighted by atomic mass is 9.96. The zero-order chi connectivity index (χ0) is 11.8. The summed E-state index contributed by atoms with van der Waals surface area (Å²) in [6.45, 7) is 1.17. The summed E-state index contributed by atoms with van der Waals surface area (Å²) in [6, 6.07) is 11.6. The fourth-order valence-electron chi connectivity index (χ4n) is 2.41. The molecule has 2 rings (SSSR count). The van der Waals surface area contributed by atoms with Gasteiger partial charge in [0.2, 0.25) is 0 Å². The third-order valence-electron chi connectivity index (χ3n) is 3.40. The van der Waals surface area contributed by atoms with Gasteiger partial charge in [-0.3, -0.25) is 0 Å². The Hall–Kier alpha value is -0.470. The number of hydrogen-bond acceptors (Lipinski definition) is 2. The number of hydrogen-bond donors (Lipinski definition) is 1. The van der Waals surface area contributed by atoms with Crippen LogP contribution in [0.25, 0.3) is 0 Å². The topological polar surface area (TPSA) is 12.0 Å². The van der Waals surface area contributed by atoms with Crippen molar-refractivity contribution in [2.45, 2.75) is 43.9 Å². The van der Waals surface area contributed by atoms with Crippen LogP contribution in [0, 0.1) is 0 Å². The molecule has 1 N–H and O–H groups in total. The number of rotatable bonds is 6. The van der Waals surface area contributed by atoms with Crippen LogP contribution in [0.2, 0.25) is 0 Å². The Bertz CT molecular complexity index is 293. The summed E-state index contributed by atoms with van der Waals surface area (Å²) in [6.07, 6.45) is 7.08. The SMILES string of the molecule is c1ccc(CSCCNC2CCCCC2)cc1. The van der Waals surface area contributed by atoms with Crippen molar-refractivity contribution in [3.8, 4) is 0 Å². The molecular weight excluding hydrogens is 226 g/mol. The first-order chi connectivity index (χ1) is 8.45. The van der Waals surface area contributed by atoms with E-state index in [-0.39, 0.29) is 0 Å². The molecule has 0 heterocycles. The largest absolute Gasteiger partial charge is 0.313 e. The van der Waals surface area contributed by atoms with Gasteiger partial charge in [-0.25, -0.2) is 0 Å². The second-order valence-electron chi connectivity index (χ2n) is 4.83. The predicted octanol–water partition coefficient (Wildman–Crippen LogP) is 3.84. The van der Waals surface area contributed by atoms with Crippen molar-refractivity contribution in [2.24, 2.45) is 0 Å². The molecule has 1 aliphatic rings. The van der Waals surface area contributed by atoms with Gasteiger partial charge < -0.3 is 5.32 Å². The molecule has 2 heteroatoms. The summed E-state index contributed by atoms with van der Waals surface area (Å²) >= 11 is 2.03. The zero-order valence-corrected chi connectivity index (χ0v) is 11.3. The molecule has 1 saturated carbocycles. The lowest BCUT2D eigenvalue weighted by Gasteiger charge is -2.22. The molecule has 1 aliphatic carbocycles. The summed E-state index contributed by atoms with van der Waals surface area (Å²) in [5, 5.41) is 3.69. The predicted molar refractivity (Wildman–Crippen MR) is 77.5 cm³/mol. The van der Waals surface area contributed by atoms with E-state index in [0.29, 0.717) is 0 Å². The van der Waals surface area contributed by atoms with Gasteiger partial charge in [-0.1, -0.05) is 49.6 Å². The molecule has 0 aromatic heterocycles. The molecule has 1 aromatic rings. The minimum atomic E-state index is 0.807. The number of nitrogens with one attached hydrogen (secondary N) is 1. The van der Waals surface area contributed by atoms with E-state index < -0.39 is 0 Å². The number of thioether (sulfide) groups is 1. The van der Waals surface area contributed by atoms with Crippen LogP contribution in [0.3, 0.4) is 0 Å². The van der Waals surface area contributed by atoms with Crippen LogP contribution >= 0.6 is 11.8 Å². The van der Waals surface area contributed by atoms with Crippen LogP contribution in [-0.4, -0.2) is 18.3 Å². The molecule has 0 amide bonds. The highest BCUT2D eigenvalue weighted by Gasteiger charge is 2.11. The summed E-state index contributed by atoms with van der Waals surface area (Å²) in [5.74, 6) is 2.37. The first-order valence-electron chi connectivity index (χ1n) is 6.80. The second-order valence-corrected chi connectivity index (χ2v) is 5.93. The minimum absolute atomic E-state index is 0.807. The van der Waals surface area contributed by atoms with E-state index in [1.165, 1.54) is 50.0 Å². The van der Waals surface area contributed by atoms with Crippen molar-refractivity contribution < 1.29 is 0 Å². The van der Waals surface area contributed by atoms with Gasteiger partial charge in [0.1, 0.15) is 0 Å². The molecule has 0 unspecified atom stereocenters. The highest BCUT2D eigenvalue weighted by molar-refractivity contribution is 7.98. The van der Waals surface area contributed by atoms with Gasteiger partial charge in [0.05, 0.1) is 0 Å². The lowest BCUT2D eigenvalue weighted by molar-refractivity contribution is 0.381. The lowest BCUT2D eigenvalue weighted by Crippen LogP contribution is -2.32. The maximum atomic E-state index is 3.69. The van der Waals surface area contributed by atoms with Crippen LogP contribution in [0.5, 0.6) is 0 Å². The van der Waals surface area contributed by atoms with Crippen molar-refractivity contribution >= 4 is 11.8 Å². The first kappa shape index (κ1) is 13.0. The van der Waals surface area contributed by atoms with Gasteiger partial charge in [0.15, 0.2) is 0 Å². The Kier molecular flexibility index (Phi) is 5.94. The fourth-order valence-corrected chi connectivity index (χ4v) is 3.24. The molecule has 0 radical (unpaired) electrons. The molecule has 0 saturated heterocycles. The standard InChI is InChI=1S/C15H23NS/c1-3-7-14(8-4-1)13-17-12-11-16-15-9-5-2-6-10-15/h1,3-4,7-8,15-16H,2,5-6,9-13H2. The monoisotopic (exact) mass is 249 g/mol. The maximum absolute atomic E-state index is 3.69.